The molecule has 0 saturated heterocycles. The molecule has 0 spiro atoms. The van der Waals surface area contributed by atoms with Crippen molar-refractivity contribution in [2.75, 3.05) is 26.8 Å². The van der Waals surface area contributed by atoms with E-state index in [4.69, 9.17) is 13.8 Å². The van der Waals surface area contributed by atoms with Crippen molar-refractivity contribution in [3.05, 3.63) is 0 Å². The highest BCUT2D eigenvalue weighted by Crippen LogP contribution is 2.33. The van der Waals surface area contributed by atoms with Crippen LogP contribution in [0.4, 0.5) is 0 Å². The monoisotopic (exact) mass is 449 g/mol. The molecule has 0 amide bonds. The number of hydrogen-bond acceptors (Lipinski definition) is 6. The Balaban J connectivity index is 3.49. The molecule has 2 unspecified atom stereocenters. The molecule has 0 radical (unpaired) electrons. The molecule has 6 nitrogen and oxygen atoms in total. The zero-order valence-corrected chi connectivity index (χ0v) is 20.5. The van der Waals surface area contributed by atoms with E-state index in [2.05, 4.69) is 12.2 Å². The summed E-state index contributed by atoms with van der Waals surface area (Å²) in [7, 11) is -0.0299. The maximum Gasteiger partial charge on any atom is 0.329 e. The van der Waals surface area contributed by atoms with Crippen LogP contribution in [0.1, 0.15) is 110 Å². The van der Waals surface area contributed by atoms with E-state index in [9.17, 15) is 9.69 Å². The second kappa shape index (κ2) is 25.0. The van der Waals surface area contributed by atoms with Crippen molar-refractivity contribution in [3.63, 3.8) is 0 Å². The molecule has 2 N–H and O–H groups in total. The molecule has 0 aliphatic carbocycles. The Morgan fingerprint density at radius 3 is 1.87 bits per heavy atom. The number of ether oxygens (including phenoxy) is 1. The third-order valence-corrected chi connectivity index (χ3v) is 6.04. The van der Waals surface area contributed by atoms with Crippen LogP contribution in [-0.2, 0) is 18.6 Å². The maximum atomic E-state index is 10.7. The van der Waals surface area contributed by atoms with E-state index >= 15 is 0 Å². The van der Waals surface area contributed by atoms with Gasteiger partial charge in [0.1, 0.15) is 6.10 Å². The van der Waals surface area contributed by atoms with Gasteiger partial charge >= 0.3 is 8.60 Å². The van der Waals surface area contributed by atoms with Crippen molar-refractivity contribution in [1.29, 1.82) is 0 Å². The first-order valence-electron chi connectivity index (χ1n) is 12.2. The topological polar surface area (TPSA) is 77.0 Å². The van der Waals surface area contributed by atoms with Crippen LogP contribution in [0.5, 0.6) is 0 Å². The minimum Gasteiger partial charge on any atom is -0.462 e. The fourth-order valence-electron chi connectivity index (χ4n) is 3.41. The van der Waals surface area contributed by atoms with Crippen molar-refractivity contribution >= 4 is 15.1 Å². The van der Waals surface area contributed by atoms with Crippen molar-refractivity contribution < 1.29 is 23.5 Å². The van der Waals surface area contributed by atoms with Crippen LogP contribution in [0.25, 0.3) is 0 Å². The summed E-state index contributed by atoms with van der Waals surface area (Å²) in [6, 6.07) is 0. The van der Waals surface area contributed by atoms with Crippen LogP contribution in [0, 0.1) is 0 Å². The minimum atomic E-state index is -1.90. The van der Waals surface area contributed by atoms with Gasteiger partial charge in [-0.3, -0.25) is 4.79 Å². The average Bonchev–Trinajstić information content (AvgIpc) is 2.75. The lowest BCUT2D eigenvalue weighted by atomic mass is 10.0. The molecule has 0 aromatic rings. The molecule has 0 fully saturated rings. The van der Waals surface area contributed by atoms with Crippen LogP contribution in [0.2, 0.25) is 0 Å². The minimum absolute atomic E-state index is 0.186. The molecular weight excluding hydrogens is 401 g/mol. The number of unbranched alkanes of at least 4 members (excludes halogenated alkanes) is 13. The van der Waals surface area contributed by atoms with E-state index in [0.717, 1.165) is 32.2 Å². The maximum absolute atomic E-state index is 10.7. The summed E-state index contributed by atoms with van der Waals surface area (Å²) in [5.74, 6) is 0. The Bertz CT molecular complexity index is 350. The average molecular weight is 450 g/mol. The normalized spacial score (nSPS) is 13.3. The lowest BCUT2D eigenvalue weighted by molar-refractivity contribution is -0.135. The number of rotatable bonds is 25. The zero-order chi connectivity index (χ0) is 22.1. The van der Waals surface area contributed by atoms with E-state index in [1.54, 1.807) is 0 Å². The summed E-state index contributed by atoms with van der Waals surface area (Å²) in [6.45, 7) is 4.19. The van der Waals surface area contributed by atoms with E-state index in [-0.39, 0.29) is 12.7 Å². The molecule has 30 heavy (non-hydrogen) atoms. The molecule has 0 aromatic heterocycles. The number of carbonyl (C=O) groups excluding carboxylic acids is 1. The Morgan fingerprint density at radius 2 is 1.37 bits per heavy atom. The Labute approximate surface area is 186 Å². The highest BCUT2D eigenvalue weighted by molar-refractivity contribution is 7.40. The molecule has 7 heteroatoms. The predicted octanol–water partition coefficient (Wildman–Crippen LogP) is 6.26. The van der Waals surface area contributed by atoms with Crippen LogP contribution < -0.4 is 5.32 Å². The van der Waals surface area contributed by atoms with Gasteiger partial charge in [0.2, 0.25) is 0 Å². The first kappa shape index (κ1) is 29.7. The van der Waals surface area contributed by atoms with Gasteiger partial charge in [-0.05, 0) is 32.9 Å². The molecule has 0 heterocycles. The third kappa shape index (κ3) is 22.4. The van der Waals surface area contributed by atoms with Gasteiger partial charge < -0.3 is 24.0 Å². The lowest BCUT2D eigenvalue weighted by Gasteiger charge is -2.17. The van der Waals surface area contributed by atoms with Crippen molar-refractivity contribution in [1.82, 2.24) is 5.32 Å². The van der Waals surface area contributed by atoms with Crippen LogP contribution in [-0.4, -0.2) is 44.3 Å². The van der Waals surface area contributed by atoms with Crippen LogP contribution in [0.3, 0.4) is 0 Å². The SMILES string of the molecule is CCCCCCCCCCCCCCCCC(COP(O)OCCCNC)OC=O. The molecule has 0 aliphatic rings. The first-order chi connectivity index (χ1) is 14.7. The number of carbonyl (C=O) groups is 1. The van der Waals surface area contributed by atoms with Crippen LogP contribution >= 0.6 is 8.60 Å². The molecule has 2 atom stereocenters. The second-order valence-corrected chi connectivity index (χ2v) is 9.06. The third-order valence-electron chi connectivity index (χ3n) is 5.27. The summed E-state index contributed by atoms with van der Waals surface area (Å²) < 4.78 is 15.6. The summed E-state index contributed by atoms with van der Waals surface area (Å²) in [5, 5.41) is 3.01. The summed E-state index contributed by atoms with van der Waals surface area (Å²) in [4.78, 5) is 20.4. The van der Waals surface area contributed by atoms with Gasteiger partial charge in [0.25, 0.3) is 6.47 Å². The fraction of sp³-hybridized carbons (Fsp3) is 0.957. The Hall–Kier alpha value is -0.260. The van der Waals surface area contributed by atoms with Gasteiger partial charge in [0.05, 0.1) is 13.2 Å². The standard InChI is InChI=1S/C23H48NO5P/c1-3-4-5-6-7-8-9-10-11-12-13-14-15-16-18-23(27-22-25)21-29-30(26)28-20-17-19-24-2/h22-24,26H,3-21H2,1-2H3. The van der Waals surface area contributed by atoms with Crippen molar-refractivity contribution in [2.45, 2.75) is 116 Å². The molecule has 180 valence electrons. The number of hydrogen-bond donors (Lipinski definition) is 2. The van der Waals surface area contributed by atoms with Gasteiger partial charge in [-0.15, -0.1) is 0 Å². The quantitative estimate of drug-likeness (QED) is 0.0973. The van der Waals surface area contributed by atoms with Crippen LogP contribution in [0.15, 0.2) is 0 Å². The summed E-state index contributed by atoms with van der Waals surface area (Å²) in [5.41, 5.74) is 0. The molecular formula is C23H48NO5P. The van der Waals surface area contributed by atoms with E-state index in [0.29, 0.717) is 13.1 Å². The molecule has 0 aliphatic heterocycles. The summed E-state index contributed by atoms with van der Waals surface area (Å²) >= 11 is 0. The number of nitrogens with one attached hydrogen (secondary N) is 1. The highest BCUT2D eigenvalue weighted by Gasteiger charge is 2.14. The highest BCUT2D eigenvalue weighted by atomic mass is 31.2. The Kier molecular flexibility index (Phi) is 24.8. The van der Waals surface area contributed by atoms with E-state index < -0.39 is 8.60 Å². The molecule has 0 aromatic carbocycles. The van der Waals surface area contributed by atoms with E-state index in [1.165, 1.54) is 77.0 Å². The van der Waals surface area contributed by atoms with Gasteiger partial charge in [-0.25, -0.2) is 0 Å². The van der Waals surface area contributed by atoms with Crippen molar-refractivity contribution in [3.8, 4) is 0 Å². The van der Waals surface area contributed by atoms with Gasteiger partial charge in [-0.1, -0.05) is 90.4 Å². The zero-order valence-electron chi connectivity index (χ0n) is 19.6. The molecule has 0 bridgehead atoms. The summed E-state index contributed by atoms with van der Waals surface area (Å²) in [6.07, 6.45) is 19.7. The van der Waals surface area contributed by atoms with Gasteiger partial charge in [-0.2, -0.15) is 0 Å². The van der Waals surface area contributed by atoms with Crippen molar-refractivity contribution in [2.24, 2.45) is 0 Å². The first-order valence-corrected chi connectivity index (χ1v) is 13.4. The smallest absolute Gasteiger partial charge is 0.329 e. The Morgan fingerprint density at radius 1 is 0.833 bits per heavy atom. The second-order valence-electron chi connectivity index (χ2n) is 8.06. The van der Waals surface area contributed by atoms with Gasteiger partial charge in [0.15, 0.2) is 0 Å². The largest absolute Gasteiger partial charge is 0.462 e. The van der Waals surface area contributed by atoms with E-state index in [1.807, 2.05) is 7.05 Å². The lowest BCUT2D eigenvalue weighted by Crippen LogP contribution is -2.18. The molecule has 0 rings (SSSR count). The fourth-order valence-corrected chi connectivity index (χ4v) is 4.07. The van der Waals surface area contributed by atoms with Gasteiger partial charge in [0, 0.05) is 0 Å². The molecule has 0 saturated carbocycles. The predicted molar refractivity (Wildman–Crippen MR) is 125 cm³/mol.